The zero-order valence-corrected chi connectivity index (χ0v) is 23.7. The fraction of sp³-hybridized carbons (Fsp3) is 0.500. The molecule has 3 aromatic rings. The van der Waals surface area contributed by atoms with Crippen molar-refractivity contribution < 1.29 is 38.3 Å². The van der Waals surface area contributed by atoms with Crippen LogP contribution in [0.25, 0.3) is 11.2 Å². The predicted octanol–water partition coefficient (Wildman–Crippen LogP) is 1.95. The molecular formula is C24H31N6O8PS. The average molecular weight is 595 g/mol. The van der Waals surface area contributed by atoms with Gasteiger partial charge in [0.05, 0.1) is 20.0 Å². The highest BCUT2D eigenvalue weighted by Gasteiger charge is 2.54. The highest BCUT2D eigenvalue weighted by molar-refractivity contribution is 8.56. The molecule has 1 aromatic carbocycles. The van der Waals surface area contributed by atoms with Gasteiger partial charge in [-0.05, 0) is 25.8 Å². The summed E-state index contributed by atoms with van der Waals surface area (Å²) < 4.78 is 37.4. The molecule has 16 heteroatoms. The number of esters is 1. The molecule has 0 spiro atoms. The third-order valence-corrected chi connectivity index (χ3v) is 10.9. The molecule has 14 nitrogen and oxygen atoms in total. The van der Waals surface area contributed by atoms with Gasteiger partial charge in [0.15, 0.2) is 17.4 Å². The van der Waals surface area contributed by atoms with E-state index in [1.165, 1.54) is 24.9 Å². The number of carbonyl (C=O) groups excluding carboxylic acids is 1. The van der Waals surface area contributed by atoms with Crippen LogP contribution >= 0.6 is 18.1 Å². The topological polar surface area (TPSA) is 193 Å². The lowest BCUT2D eigenvalue weighted by Gasteiger charge is -2.30. The smallest absolute Gasteiger partial charge is 0.327 e. The second kappa shape index (κ2) is 11.2. The summed E-state index contributed by atoms with van der Waals surface area (Å²) in [7, 11) is 1.41. The van der Waals surface area contributed by atoms with E-state index in [0.717, 1.165) is 16.9 Å². The average Bonchev–Trinajstić information content (AvgIpc) is 3.45. The highest BCUT2D eigenvalue weighted by atomic mass is 32.7. The first-order valence-electron chi connectivity index (χ1n) is 12.5. The molecule has 2 aliphatic rings. The number of anilines is 1. The van der Waals surface area contributed by atoms with Crippen LogP contribution in [0.5, 0.6) is 5.88 Å². The molecule has 7 atom stereocenters. The van der Waals surface area contributed by atoms with E-state index in [1.807, 2.05) is 30.3 Å². The Hall–Kier alpha value is -2.78. The number of carbonyl (C=O) groups is 1. The number of hydrogen-bond acceptors (Lipinski definition) is 13. The number of ether oxygens (including phenoxy) is 3. The molecule has 0 bridgehead atoms. The van der Waals surface area contributed by atoms with Gasteiger partial charge in [0.25, 0.3) is 0 Å². The lowest BCUT2D eigenvalue weighted by molar-refractivity contribution is -0.150. The van der Waals surface area contributed by atoms with Crippen LogP contribution in [0.2, 0.25) is 0 Å². The third kappa shape index (κ3) is 5.55. The largest absolute Gasteiger partial charge is 0.479 e. The Kier molecular flexibility index (Phi) is 8.08. The molecule has 2 aliphatic heterocycles. The van der Waals surface area contributed by atoms with Crippen LogP contribution in [0.15, 0.2) is 36.7 Å². The fourth-order valence-corrected chi connectivity index (χ4v) is 8.46. The van der Waals surface area contributed by atoms with E-state index in [2.05, 4.69) is 20.0 Å². The highest BCUT2D eigenvalue weighted by Crippen LogP contribution is 2.59. The number of nitrogens with two attached hydrogens (primary N) is 1. The molecule has 0 aliphatic carbocycles. The van der Waals surface area contributed by atoms with Crippen LogP contribution in [-0.4, -0.2) is 79.0 Å². The lowest BCUT2D eigenvalue weighted by atomic mass is 9.96. The Morgan fingerprint density at radius 2 is 2.12 bits per heavy atom. The number of nitrogens with zero attached hydrogens (tertiary/aromatic N) is 4. The van der Waals surface area contributed by atoms with Crippen molar-refractivity contribution in [3.05, 3.63) is 42.2 Å². The van der Waals surface area contributed by atoms with E-state index >= 15 is 0 Å². The number of benzene rings is 1. The molecule has 2 saturated heterocycles. The van der Waals surface area contributed by atoms with Gasteiger partial charge in [0, 0.05) is 5.75 Å². The van der Waals surface area contributed by atoms with Crippen molar-refractivity contribution in [1.82, 2.24) is 24.6 Å². The van der Waals surface area contributed by atoms with Gasteiger partial charge >= 0.3 is 12.7 Å². The number of aliphatic hydroxyl groups excluding tert-OH is 1. The maximum absolute atomic E-state index is 13.5. The Morgan fingerprint density at radius 1 is 1.38 bits per heavy atom. The molecule has 0 radical (unpaired) electrons. The van der Waals surface area contributed by atoms with Crippen LogP contribution in [0.1, 0.15) is 38.2 Å². The summed E-state index contributed by atoms with van der Waals surface area (Å²) in [6.07, 6.45) is -2.35. The van der Waals surface area contributed by atoms with E-state index in [4.69, 9.17) is 24.5 Å². The van der Waals surface area contributed by atoms with Crippen molar-refractivity contribution in [2.24, 2.45) is 0 Å². The Morgan fingerprint density at radius 3 is 2.85 bits per heavy atom. The van der Waals surface area contributed by atoms with Crippen molar-refractivity contribution in [1.29, 1.82) is 0 Å². The van der Waals surface area contributed by atoms with Crippen LogP contribution < -0.4 is 15.6 Å². The first-order chi connectivity index (χ1) is 19.0. The van der Waals surface area contributed by atoms with Gasteiger partial charge in [-0.2, -0.15) is 9.97 Å². The Balaban J connectivity index is 1.25. The molecule has 40 heavy (non-hydrogen) atoms. The van der Waals surface area contributed by atoms with Crippen molar-refractivity contribution in [2.75, 3.05) is 25.2 Å². The van der Waals surface area contributed by atoms with Crippen molar-refractivity contribution >= 4 is 41.2 Å². The van der Waals surface area contributed by atoms with E-state index in [-0.39, 0.29) is 29.6 Å². The minimum Gasteiger partial charge on any atom is -0.479 e. The summed E-state index contributed by atoms with van der Waals surface area (Å²) in [6.45, 7) is -0.748. The molecule has 5 N–H and O–H groups in total. The van der Waals surface area contributed by atoms with Gasteiger partial charge in [-0.1, -0.05) is 41.7 Å². The summed E-state index contributed by atoms with van der Waals surface area (Å²) in [5, 5.41) is 24.9. The maximum atomic E-state index is 13.5. The summed E-state index contributed by atoms with van der Waals surface area (Å²) in [5.41, 5.74) is 5.34. The number of aliphatic hydroxyl groups is 2. The monoisotopic (exact) mass is 594 g/mol. The van der Waals surface area contributed by atoms with E-state index in [0.29, 0.717) is 12.2 Å². The van der Waals surface area contributed by atoms with E-state index in [9.17, 15) is 19.6 Å². The maximum Gasteiger partial charge on any atom is 0.327 e. The molecular weight excluding hydrogens is 563 g/mol. The standard InChI is InChI=1S/C24H31N6O8PS/c1-13(14-7-5-4-6-8-14)37-21(32)15-9-10-40-39(34,29-15)36-11-16-18(31)24(2,33)22(38-16)30-12-26-17-19(30)27-23(25)28-20(17)35-3/h4-8,12-13,15-16,18,22,31,33H,9-11H2,1-3H3,(H,29,34)(H2,25,27,28)/t13-,15-,16?,18+,22+,24+,39-/m0/s1. The molecule has 0 saturated carbocycles. The number of rotatable bonds is 8. The van der Waals surface area contributed by atoms with E-state index < -0.39 is 48.9 Å². The normalized spacial score (nSPS) is 31.2. The quantitative estimate of drug-likeness (QED) is 0.218. The number of fused-ring (bicyclic) bond motifs is 1. The number of imidazole rings is 1. The summed E-state index contributed by atoms with van der Waals surface area (Å²) in [4.78, 5) is 25.2. The number of aromatic nitrogens is 4. The predicted molar refractivity (Wildman–Crippen MR) is 145 cm³/mol. The Bertz CT molecular complexity index is 1430. The summed E-state index contributed by atoms with van der Waals surface area (Å²) >= 11 is 1.05. The van der Waals surface area contributed by atoms with Crippen LogP contribution in [-0.2, 0) is 23.4 Å². The molecule has 1 unspecified atom stereocenters. The van der Waals surface area contributed by atoms with Gasteiger partial charge in [-0.3, -0.25) is 13.9 Å². The zero-order valence-electron chi connectivity index (χ0n) is 22.0. The number of methoxy groups -OCH3 is 1. The molecule has 216 valence electrons. The van der Waals surface area contributed by atoms with Gasteiger partial charge in [-0.25, -0.2) is 10.1 Å². The second-order valence-corrected chi connectivity index (χ2v) is 14.1. The zero-order chi connectivity index (χ0) is 28.7. The van der Waals surface area contributed by atoms with Crippen molar-refractivity contribution in [2.45, 2.75) is 56.5 Å². The molecule has 5 rings (SSSR count). The fourth-order valence-electron chi connectivity index (χ4n) is 4.65. The number of nitrogens with one attached hydrogen (secondary N) is 1. The first-order valence-corrected chi connectivity index (χ1v) is 15.8. The molecule has 0 amide bonds. The van der Waals surface area contributed by atoms with Crippen molar-refractivity contribution in [3.8, 4) is 5.88 Å². The summed E-state index contributed by atoms with van der Waals surface area (Å²) in [6, 6.07) is 8.46. The summed E-state index contributed by atoms with van der Waals surface area (Å²) in [5.74, 6) is -0.0791. The number of hydrogen-bond donors (Lipinski definition) is 4. The SMILES string of the molecule is COc1nc(N)nc2c1ncn2[C@@H]1OC(CO[P@@]2(=O)N[C@H](C(=O)O[C@@H](C)c3ccccc3)CCS2)[C@@H](O)[C@@]1(C)O. The van der Waals surface area contributed by atoms with Crippen molar-refractivity contribution in [3.63, 3.8) is 0 Å². The van der Waals surface area contributed by atoms with Gasteiger partial charge in [0.1, 0.15) is 30.0 Å². The second-order valence-electron chi connectivity index (χ2n) is 9.70. The van der Waals surface area contributed by atoms with Gasteiger partial charge in [0.2, 0.25) is 11.8 Å². The van der Waals surface area contributed by atoms with Gasteiger partial charge < -0.3 is 34.7 Å². The molecule has 4 heterocycles. The lowest BCUT2D eigenvalue weighted by Crippen LogP contribution is -2.44. The minimum absolute atomic E-state index is 0.0751. The van der Waals surface area contributed by atoms with E-state index in [1.54, 1.807) is 6.92 Å². The first kappa shape index (κ1) is 28.7. The van der Waals surface area contributed by atoms with Crippen LogP contribution in [0.3, 0.4) is 0 Å². The minimum atomic E-state index is -3.58. The number of nitrogen functional groups attached to an aromatic ring is 1. The van der Waals surface area contributed by atoms with Gasteiger partial charge in [-0.15, -0.1) is 0 Å². The van der Waals surface area contributed by atoms with Crippen LogP contribution in [0, 0.1) is 0 Å². The molecule has 2 fully saturated rings. The molecule has 2 aromatic heterocycles. The van der Waals surface area contributed by atoms with Crippen LogP contribution in [0.4, 0.5) is 5.95 Å². The third-order valence-electron chi connectivity index (χ3n) is 6.84. The Labute approximate surface area is 233 Å².